The molecule has 0 rings (SSSR count). The Balaban J connectivity index is 0. The van der Waals surface area contributed by atoms with Crippen LogP contribution in [0.2, 0.25) is 0 Å². The molecule has 0 bridgehead atoms. The maximum absolute atomic E-state index is 9.78. The van der Waals surface area contributed by atoms with Crippen molar-refractivity contribution < 1.29 is 12.6 Å². The van der Waals surface area contributed by atoms with Crippen LogP contribution < -0.4 is 0 Å². The van der Waals surface area contributed by atoms with Crippen LogP contribution in [0, 0.1) is 0 Å². The van der Waals surface area contributed by atoms with E-state index in [1.165, 1.54) is 0 Å². The molecule has 46 valence electrons. The molecule has 0 unspecified atom stereocenters. The summed E-state index contributed by atoms with van der Waals surface area (Å²) in [5.41, 5.74) is 0. The number of rotatable bonds is 1. The van der Waals surface area contributed by atoms with Gasteiger partial charge in [0.1, 0.15) is 0 Å². The molecule has 0 heterocycles. The zero-order valence-corrected chi connectivity index (χ0v) is 5.95. The van der Waals surface area contributed by atoms with Gasteiger partial charge in [-0.25, -0.2) is 0 Å². The monoisotopic (exact) mass is 144 g/mol. The van der Waals surface area contributed by atoms with Gasteiger partial charge in [-0.05, 0) is 0 Å². The third kappa shape index (κ3) is 10.7. The van der Waals surface area contributed by atoms with Crippen molar-refractivity contribution in [1.29, 1.82) is 0 Å². The molecule has 0 fully saturated rings. The third-order valence-electron chi connectivity index (χ3n) is 0.303. The lowest BCUT2D eigenvalue weighted by Crippen LogP contribution is -1.95. The molecule has 0 saturated carbocycles. The molecule has 0 aliphatic carbocycles. The highest BCUT2D eigenvalue weighted by atomic mass is 32.2. The first kappa shape index (κ1) is 10.3. The van der Waals surface area contributed by atoms with Gasteiger partial charge in [0, 0.05) is 0 Å². The lowest BCUT2D eigenvalue weighted by atomic mass is 11.8. The molecule has 0 aromatic heterocycles. The smallest absolute Gasteiger partial charge is 0.264 e. The highest BCUT2D eigenvalue weighted by Crippen LogP contribution is 1.75. The van der Waals surface area contributed by atoms with Crippen molar-refractivity contribution in [3.05, 3.63) is 0 Å². The van der Waals surface area contributed by atoms with E-state index in [-0.39, 0.29) is 13.5 Å². The maximum atomic E-state index is 9.78. The molecule has 0 amide bonds. The van der Waals surface area contributed by atoms with Crippen molar-refractivity contribution in [2.75, 3.05) is 13.4 Å². The molecular formula is C2H8O3S2. The number of hydrogen-bond acceptors (Lipinski definition) is 3. The molecular weight excluding hydrogens is 136 g/mol. The van der Waals surface area contributed by atoms with E-state index in [0.717, 1.165) is 13.4 Å². The molecule has 0 atom stereocenters. The first-order chi connectivity index (χ1) is 2.56. The summed E-state index contributed by atoms with van der Waals surface area (Å²) in [7, 11) is -2.04. The van der Waals surface area contributed by atoms with Gasteiger partial charge in [-0.1, -0.05) is 0 Å². The van der Waals surface area contributed by atoms with E-state index in [1.807, 2.05) is 0 Å². The lowest BCUT2D eigenvalue weighted by molar-refractivity contribution is 0.403. The van der Waals surface area contributed by atoms with Crippen molar-refractivity contribution in [2.24, 2.45) is 0 Å². The molecule has 0 aliphatic heterocycles. The standard InChI is InChI=1S/C2H6O3S.H2S/c1-5-6(2,3)4;/h1-2H3;1H2. The van der Waals surface area contributed by atoms with Crippen LogP contribution in [0.4, 0.5) is 0 Å². The summed E-state index contributed by atoms with van der Waals surface area (Å²) in [5, 5.41) is 0. The second kappa shape index (κ2) is 3.29. The Morgan fingerprint density at radius 1 is 1.43 bits per heavy atom. The van der Waals surface area contributed by atoms with Crippen molar-refractivity contribution in [2.45, 2.75) is 0 Å². The molecule has 0 radical (unpaired) electrons. The minimum atomic E-state index is -3.16. The maximum Gasteiger partial charge on any atom is 0.264 e. The molecule has 7 heavy (non-hydrogen) atoms. The second-order valence-corrected chi connectivity index (χ2v) is 2.61. The van der Waals surface area contributed by atoms with Crippen molar-refractivity contribution in [1.82, 2.24) is 0 Å². The Kier molecular flexibility index (Phi) is 4.83. The molecule has 0 spiro atoms. The molecule has 5 heteroatoms. The highest BCUT2D eigenvalue weighted by molar-refractivity contribution is 7.85. The highest BCUT2D eigenvalue weighted by Gasteiger charge is 1.90. The summed E-state index contributed by atoms with van der Waals surface area (Å²) >= 11 is 0. The van der Waals surface area contributed by atoms with Gasteiger partial charge in [0.15, 0.2) is 0 Å². The average molecular weight is 144 g/mol. The first-order valence-electron chi connectivity index (χ1n) is 1.32. The van der Waals surface area contributed by atoms with Gasteiger partial charge in [-0.2, -0.15) is 21.9 Å². The summed E-state index contributed by atoms with van der Waals surface area (Å²) in [6, 6.07) is 0. The quantitative estimate of drug-likeness (QED) is 0.475. The fraction of sp³-hybridized carbons (Fsp3) is 1.00. The van der Waals surface area contributed by atoms with Crippen molar-refractivity contribution in [3.63, 3.8) is 0 Å². The van der Waals surface area contributed by atoms with Crippen LogP contribution in [0.1, 0.15) is 0 Å². The van der Waals surface area contributed by atoms with Crippen molar-refractivity contribution in [3.8, 4) is 0 Å². The van der Waals surface area contributed by atoms with Crippen LogP contribution in [0.15, 0.2) is 0 Å². The predicted molar refractivity (Wildman–Crippen MR) is 32.2 cm³/mol. The van der Waals surface area contributed by atoms with E-state index in [9.17, 15) is 8.42 Å². The Bertz CT molecular complexity index is 113. The van der Waals surface area contributed by atoms with E-state index < -0.39 is 10.1 Å². The van der Waals surface area contributed by atoms with Crippen LogP contribution in [0.3, 0.4) is 0 Å². The van der Waals surface area contributed by atoms with E-state index in [1.54, 1.807) is 0 Å². The van der Waals surface area contributed by atoms with Gasteiger partial charge >= 0.3 is 0 Å². The van der Waals surface area contributed by atoms with E-state index in [2.05, 4.69) is 4.18 Å². The predicted octanol–water partition coefficient (Wildman–Crippen LogP) is -0.295. The molecule has 3 nitrogen and oxygen atoms in total. The van der Waals surface area contributed by atoms with Crippen LogP contribution in [-0.2, 0) is 14.3 Å². The molecule has 0 aliphatic rings. The summed E-state index contributed by atoms with van der Waals surface area (Å²) in [6.07, 6.45) is 0.993. The van der Waals surface area contributed by atoms with Gasteiger partial charge in [-0.3, -0.25) is 4.18 Å². The normalized spacial score (nSPS) is 10.0. The van der Waals surface area contributed by atoms with E-state index in [0.29, 0.717) is 0 Å². The van der Waals surface area contributed by atoms with Gasteiger partial charge in [0.25, 0.3) is 10.1 Å². The SMILES string of the molecule is COS(C)(=O)=O.S. The van der Waals surface area contributed by atoms with Crippen LogP contribution >= 0.6 is 13.5 Å². The first-order valence-corrected chi connectivity index (χ1v) is 3.13. The Morgan fingerprint density at radius 3 is 1.57 bits per heavy atom. The second-order valence-electron chi connectivity index (χ2n) is 0.871. The fourth-order valence-corrected chi connectivity index (χ4v) is 0. The summed E-state index contributed by atoms with van der Waals surface area (Å²) in [5.74, 6) is 0. The Labute approximate surface area is 50.2 Å². The van der Waals surface area contributed by atoms with Gasteiger partial charge in [0.2, 0.25) is 0 Å². The minimum absolute atomic E-state index is 0. The largest absolute Gasteiger partial charge is 0.274 e. The van der Waals surface area contributed by atoms with Crippen LogP contribution in [-0.4, -0.2) is 21.8 Å². The molecule has 0 N–H and O–H groups in total. The molecule has 0 aromatic rings. The topological polar surface area (TPSA) is 43.4 Å². The lowest BCUT2D eigenvalue weighted by Gasteiger charge is -1.84. The fourth-order valence-electron chi connectivity index (χ4n) is 0. The Morgan fingerprint density at radius 2 is 1.57 bits per heavy atom. The Hall–Kier alpha value is 0.260. The minimum Gasteiger partial charge on any atom is -0.274 e. The van der Waals surface area contributed by atoms with E-state index in [4.69, 9.17) is 0 Å². The third-order valence-corrected chi connectivity index (χ3v) is 0.908. The average Bonchev–Trinajstić information content (AvgIpc) is 1.35. The summed E-state index contributed by atoms with van der Waals surface area (Å²) < 4.78 is 23.5. The van der Waals surface area contributed by atoms with Crippen LogP contribution in [0.25, 0.3) is 0 Å². The molecule has 0 saturated heterocycles. The summed E-state index contributed by atoms with van der Waals surface area (Å²) in [4.78, 5) is 0. The van der Waals surface area contributed by atoms with Crippen molar-refractivity contribution >= 4 is 23.6 Å². The van der Waals surface area contributed by atoms with E-state index >= 15 is 0 Å². The van der Waals surface area contributed by atoms with Gasteiger partial charge in [-0.15, -0.1) is 0 Å². The van der Waals surface area contributed by atoms with Gasteiger partial charge in [0.05, 0.1) is 13.4 Å². The van der Waals surface area contributed by atoms with Crippen LogP contribution in [0.5, 0.6) is 0 Å². The number of hydrogen-bond donors (Lipinski definition) is 0. The zero-order valence-electron chi connectivity index (χ0n) is 4.13. The zero-order chi connectivity index (χ0) is 5.21. The molecule has 0 aromatic carbocycles. The summed E-state index contributed by atoms with van der Waals surface area (Å²) in [6.45, 7) is 0. The van der Waals surface area contributed by atoms with Gasteiger partial charge < -0.3 is 0 Å².